The second kappa shape index (κ2) is 4.96. The molecular formula is C13H12BrN3OS. The van der Waals surface area contributed by atoms with Crippen LogP contribution in [0.4, 0.5) is 0 Å². The standard InChI is InChI=1S/C13H12BrN3OS/c1-15-12(10-4-5-11(14)19-10)7-2-3-8-9(6-7)17-13(18)16-8/h2-6,12,15H,1H3,(H2,16,17,18). The number of aromatic amines is 2. The van der Waals surface area contributed by atoms with Crippen molar-refractivity contribution < 1.29 is 0 Å². The SMILES string of the molecule is CNC(c1ccc2[nH]c(=O)[nH]c2c1)c1ccc(Br)s1. The third kappa shape index (κ3) is 2.39. The quantitative estimate of drug-likeness (QED) is 0.688. The summed E-state index contributed by atoms with van der Waals surface area (Å²) in [5.74, 6) is 0. The Labute approximate surface area is 122 Å². The van der Waals surface area contributed by atoms with Crippen LogP contribution in [0, 0.1) is 0 Å². The van der Waals surface area contributed by atoms with Crippen LogP contribution >= 0.6 is 27.3 Å². The summed E-state index contributed by atoms with van der Waals surface area (Å²) >= 11 is 5.18. The van der Waals surface area contributed by atoms with Crippen LogP contribution in [0.5, 0.6) is 0 Å². The third-order valence-corrected chi connectivity index (χ3v) is 4.73. The molecule has 0 saturated heterocycles. The molecule has 19 heavy (non-hydrogen) atoms. The Balaban J connectivity index is 2.07. The van der Waals surface area contributed by atoms with E-state index < -0.39 is 0 Å². The van der Waals surface area contributed by atoms with Crippen molar-refractivity contribution in [3.63, 3.8) is 0 Å². The molecule has 0 amide bonds. The van der Waals surface area contributed by atoms with Crippen LogP contribution in [-0.2, 0) is 0 Å². The van der Waals surface area contributed by atoms with E-state index in [-0.39, 0.29) is 11.7 Å². The Morgan fingerprint density at radius 1 is 1.21 bits per heavy atom. The predicted molar refractivity (Wildman–Crippen MR) is 81.8 cm³/mol. The molecule has 1 atom stereocenters. The van der Waals surface area contributed by atoms with E-state index in [1.54, 1.807) is 11.3 Å². The number of H-pyrrole nitrogens is 2. The Morgan fingerprint density at radius 3 is 2.68 bits per heavy atom. The number of hydrogen-bond donors (Lipinski definition) is 3. The smallest absolute Gasteiger partial charge is 0.309 e. The van der Waals surface area contributed by atoms with Crippen LogP contribution in [0.15, 0.2) is 38.9 Å². The van der Waals surface area contributed by atoms with Crippen molar-refractivity contribution in [3.05, 3.63) is 55.0 Å². The van der Waals surface area contributed by atoms with Crippen molar-refractivity contribution in [2.45, 2.75) is 6.04 Å². The molecule has 0 radical (unpaired) electrons. The number of fused-ring (bicyclic) bond motifs is 1. The summed E-state index contributed by atoms with van der Waals surface area (Å²) in [6.45, 7) is 0. The van der Waals surface area contributed by atoms with Crippen molar-refractivity contribution in [1.82, 2.24) is 15.3 Å². The first-order chi connectivity index (χ1) is 9.17. The van der Waals surface area contributed by atoms with Gasteiger partial charge in [-0.3, -0.25) is 0 Å². The van der Waals surface area contributed by atoms with Gasteiger partial charge in [0.2, 0.25) is 0 Å². The van der Waals surface area contributed by atoms with E-state index in [0.717, 1.165) is 20.4 Å². The average Bonchev–Trinajstić information content (AvgIpc) is 2.95. The van der Waals surface area contributed by atoms with Gasteiger partial charge in [0.1, 0.15) is 0 Å². The molecule has 1 aromatic carbocycles. The number of rotatable bonds is 3. The Morgan fingerprint density at radius 2 is 2.00 bits per heavy atom. The summed E-state index contributed by atoms with van der Waals surface area (Å²) in [4.78, 5) is 18.1. The molecule has 4 nitrogen and oxygen atoms in total. The highest BCUT2D eigenvalue weighted by atomic mass is 79.9. The van der Waals surface area contributed by atoms with Crippen LogP contribution < -0.4 is 11.0 Å². The molecule has 0 saturated carbocycles. The van der Waals surface area contributed by atoms with E-state index in [9.17, 15) is 4.79 Å². The lowest BCUT2D eigenvalue weighted by Gasteiger charge is -2.14. The van der Waals surface area contributed by atoms with Crippen molar-refractivity contribution in [1.29, 1.82) is 0 Å². The molecule has 0 aliphatic rings. The van der Waals surface area contributed by atoms with Crippen molar-refractivity contribution in [2.75, 3.05) is 7.05 Å². The van der Waals surface area contributed by atoms with Crippen molar-refractivity contribution in [2.24, 2.45) is 0 Å². The maximum atomic E-state index is 11.3. The molecule has 0 spiro atoms. The van der Waals surface area contributed by atoms with Crippen LogP contribution in [-0.4, -0.2) is 17.0 Å². The second-order valence-electron chi connectivity index (χ2n) is 4.25. The lowest BCUT2D eigenvalue weighted by Crippen LogP contribution is -2.16. The van der Waals surface area contributed by atoms with Crippen LogP contribution in [0.25, 0.3) is 11.0 Å². The summed E-state index contributed by atoms with van der Waals surface area (Å²) in [5, 5.41) is 3.31. The number of hydrogen-bond acceptors (Lipinski definition) is 3. The van der Waals surface area contributed by atoms with Gasteiger partial charge in [-0.15, -0.1) is 11.3 Å². The molecule has 0 aliphatic heterocycles. The van der Waals surface area contributed by atoms with E-state index in [2.05, 4.69) is 37.3 Å². The van der Waals surface area contributed by atoms with E-state index in [1.807, 2.05) is 31.3 Å². The number of halogens is 1. The zero-order valence-corrected chi connectivity index (χ0v) is 12.6. The fourth-order valence-electron chi connectivity index (χ4n) is 2.19. The summed E-state index contributed by atoms with van der Waals surface area (Å²) in [7, 11) is 1.93. The molecule has 3 rings (SSSR count). The van der Waals surface area contributed by atoms with Gasteiger partial charge in [0.25, 0.3) is 0 Å². The number of benzene rings is 1. The highest BCUT2D eigenvalue weighted by Gasteiger charge is 2.14. The van der Waals surface area contributed by atoms with E-state index in [1.165, 1.54) is 4.88 Å². The largest absolute Gasteiger partial charge is 0.323 e. The summed E-state index contributed by atoms with van der Waals surface area (Å²) in [6.07, 6.45) is 0. The van der Waals surface area contributed by atoms with Crippen LogP contribution in [0.2, 0.25) is 0 Å². The summed E-state index contributed by atoms with van der Waals surface area (Å²) < 4.78 is 1.11. The van der Waals surface area contributed by atoms with E-state index in [0.29, 0.717) is 0 Å². The number of imidazole rings is 1. The number of aromatic nitrogens is 2. The topological polar surface area (TPSA) is 60.7 Å². The minimum atomic E-state index is -0.174. The van der Waals surface area contributed by atoms with Gasteiger partial charge in [0.15, 0.2) is 0 Å². The Hall–Kier alpha value is -1.37. The Kier molecular flexibility index (Phi) is 3.30. The molecule has 2 aromatic heterocycles. The normalized spacial score (nSPS) is 12.9. The fourth-order valence-corrected chi connectivity index (χ4v) is 3.75. The van der Waals surface area contributed by atoms with Gasteiger partial charge in [-0.25, -0.2) is 4.79 Å². The predicted octanol–water partition coefficient (Wildman–Crippen LogP) is 2.99. The van der Waals surface area contributed by atoms with Gasteiger partial charge in [0.05, 0.1) is 20.9 Å². The van der Waals surface area contributed by atoms with Crippen molar-refractivity contribution >= 4 is 38.3 Å². The zero-order valence-electron chi connectivity index (χ0n) is 10.2. The van der Waals surface area contributed by atoms with Gasteiger partial charge >= 0.3 is 5.69 Å². The first kappa shape index (κ1) is 12.7. The van der Waals surface area contributed by atoms with Gasteiger partial charge in [0, 0.05) is 4.88 Å². The molecule has 98 valence electrons. The maximum Gasteiger partial charge on any atom is 0.323 e. The zero-order chi connectivity index (χ0) is 13.4. The first-order valence-electron chi connectivity index (χ1n) is 5.82. The maximum absolute atomic E-state index is 11.3. The molecular weight excluding hydrogens is 326 g/mol. The molecule has 0 bridgehead atoms. The summed E-state index contributed by atoms with van der Waals surface area (Å²) in [5.41, 5.74) is 2.61. The van der Waals surface area contributed by atoms with Crippen LogP contribution in [0.3, 0.4) is 0 Å². The number of nitrogens with one attached hydrogen (secondary N) is 3. The van der Waals surface area contributed by atoms with E-state index >= 15 is 0 Å². The monoisotopic (exact) mass is 337 g/mol. The highest BCUT2D eigenvalue weighted by Crippen LogP contribution is 2.31. The Bertz CT molecular complexity index is 773. The minimum Gasteiger partial charge on any atom is -0.309 e. The van der Waals surface area contributed by atoms with E-state index in [4.69, 9.17) is 0 Å². The van der Waals surface area contributed by atoms with Crippen molar-refractivity contribution in [3.8, 4) is 0 Å². The molecule has 1 unspecified atom stereocenters. The first-order valence-corrected chi connectivity index (χ1v) is 7.43. The van der Waals surface area contributed by atoms with Gasteiger partial charge in [-0.05, 0) is 52.8 Å². The highest BCUT2D eigenvalue weighted by molar-refractivity contribution is 9.11. The van der Waals surface area contributed by atoms with Gasteiger partial charge < -0.3 is 15.3 Å². The lowest BCUT2D eigenvalue weighted by atomic mass is 10.0. The molecule has 3 N–H and O–H groups in total. The minimum absolute atomic E-state index is 0.124. The third-order valence-electron chi connectivity index (χ3n) is 3.04. The molecule has 2 heterocycles. The van der Waals surface area contributed by atoms with Gasteiger partial charge in [-0.2, -0.15) is 0 Å². The number of thiophene rings is 1. The fraction of sp³-hybridized carbons (Fsp3) is 0.154. The molecule has 6 heteroatoms. The molecule has 3 aromatic rings. The average molecular weight is 338 g/mol. The summed E-state index contributed by atoms with van der Waals surface area (Å²) in [6, 6.07) is 10.2. The molecule has 0 fully saturated rings. The van der Waals surface area contributed by atoms with Crippen LogP contribution in [0.1, 0.15) is 16.5 Å². The van der Waals surface area contributed by atoms with Gasteiger partial charge in [-0.1, -0.05) is 6.07 Å². The lowest BCUT2D eigenvalue weighted by molar-refractivity contribution is 0.704. The molecule has 0 aliphatic carbocycles. The second-order valence-corrected chi connectivity index (χ2v) is 6.74.